The number of methoxy groups -OCH3 is 1. The minimum absolute atomic E-state index is 0.00754. The first-order valence-electron chi connectivity index (χ1n) is 7.25. The lowest BCUT2D eigenvalue weighted by Gasteiger charge is -2.19. The predicted octanol–water partition coefficient (Wildman–Crippen LogP) is -1.28. The van der Waals surface area contributed by atoms with Crippen LogP contribution in [0.25, 0.3) is 10.3 Å². The minimum Gasteiger partial charge on any atom is -0.394 e. The largest absolute Gasteiger partial charge is 0.394 e. The molecule has 10 nitrogen and oxygen atoms in total. The molecule has 1 saturated heterocycles. The zero-order valence-corrected chi connectivity index (χ0v) is 13.7. The summed E-state index contributed by atoms with van der Waals surface area (Å²) in [5.74, 6) is 0.00754. The molecular weight excluding hydrogens is 340 g/mol. The van der Waals surface area contributed by atoms with Crippen molar-refractivity contribution in [3.8, 4) is 0 Å². The summed E-state index contributed by atoms with van der Waals surface area (Å²) in [5.41, 5.74) is 5.86. The van der Waals surface area contributed by atoms with Crippen molar-refractivity contribution in [2.75, 3.05) is 32.7 Å². The van der Waals surface area contributed by atoms with Crippen LogP contribution in [0.2, 0.25) is 0 Å². The maximum absolute atomic E-state index is 12.3. The van der Waals surface area contributed by atoms with E-state index in [0.29, 0.717) is 11.3 Å². The molecule has 0 saturated carbocycles. The van der Waals surface area contributed by atoms with Crippen LogP contribution in [0.1, 0.15) is 6.23 Å². The van der Waals surface area contributed by atoms with E-state index >= 15 is 0 Å². The molecule has 4 atom stereocenters. The summed E-state index contributed by atoms with van der Waals surface area (Å²) in [4.78, 5) is 19.8. The van der Waals surface area contributed by atoms with E-state index in [1.165, 1.54) is 17.9 Å². The lowest BCUT2D eigenvalue weighted by molar-refractivity contribution is -0.0679. The first-order chi connectivity index (χ1) is 11.6. The summed E-state index contributed by atoms with van der Waals surface area (Å²) >= 11 is 0.920. The highest BCUT2D eigenvalue weighted by Crippen LogP contribution is 2.33. The van der Waals surface area contributed by atoms with Crippen molar-refractivity contribution in [2.24, 2.45) is 0 Å². The van der Waals surface area contributed by atoms with E-state index in [2.05, 4.69) is 9.97 Å². The third kappa shape index (κ3) is 3.01. The molecule has 4 N–H and O–H groups in total. The monoisotopic (exact) mass is 358 g/mol. The molecule has 0 aliphatic carbocycles. The molecule has 2 aromatic rings. The van der Waals surface area contributed by atoms with Gasteiger partial charge in [-0.05, 0) is 0 Å². The Morgan fingerprint density at radius 2 is 2.29 bits per heavy atom. The van der Waals surface area contributed by atoms with Gasteiger partial charge in [-0.3, -0.25) is 9.36 Å². The lowest BCUT2D eigenvalue weighted by atomic mass is 10.1. The fourth-order valence-corrected chi connectivity index (χ4v) is 3.44. The summed E-state index contributed by atoms with van der Waals surface area (Å²) in [5, 5.41) is 20.0. The average Bonchev–Trinajstić information content (AvgIpc) is 3.04. The topological polar surface area (TPSA) is 142 Å². The molecule has 1 aliphatic heterocycles. The average molecular weight is 358 g/mol. The van der Waals surface area contributed by atoms with Crippen molar-refractivity contribution in [2.45, 2.75) is 24.5 Å². The summed E-state index contributed by atoms with van der Waals surface area (Å²) in [6, 6.07) is 0. The highest BCUT2D eigenvalue weighted by Gasteiger charge is 2.46. The van der Waals surface area contributed by atoms with Crippen LogP contribution in [0.15, 0.2) is 11.0 Å². The Balaban J connectivity index is 1.93. The lowest BCUT2D eigenvalue weighted by Crippen LogP contribution is -2.37. The van der Waals surface area contributed by atoms with Crippen LogP contribution in [0, 0.1) is 0 Å². The van der Waals surface area contributed by atoms with Gasteiger partial charge in [0.25, 0.3) is 0 Å². The van der Waals surface area contributed by atoms with Crippen molar-refractivity contribution in [1.29, 1.82) is 0 Å². The van der Waals surface area contributed by atoms with Crippen molar-refractivity contribution < 1.29 is 24.4 Å². The second-order valence-corrected chi connectivity index (χ2v) is 6.21. The summed E-state index contributed by atoms with van der Waals surface area (Å²) in [7, 11) is 1.53. The Morgan fingerprint density at radius 3 is 3.00 bits per heavy atom. The summed E-state index contributed by atoms with van der Waals surface area (Å²) < 4.78 is 17.8. The Bertz CT molecular complexity index is 764. The first kappa shape index (κ1) is 17.2. The number of thiazole rings is 1. The number of hydrogen-bond donors (Lipinski definition) is 3. The highest BCUT2D eigenvalue weighted by atomic mass is 32.1. The van der Waals surface area contributed by atoms with Gasteiger partial charge in [0.05, 0.1) is 30.7 Å². The number of hydrogen-bond acceptors (Lipinski definition) is 10. The van der Waals surface area contributed by atoms with Crippen molar-refractivity contribution in [1.82, 2.24) is 14.5 Å². The molecule has 0 amide bonds. The van der Waals surface area contributed by atoms with Gasteiger partial charge in [0, 0.05) is 7.11 Å². The number of aliphatic hydroxyl groups is 2. The predicted molar refractivity (Wildman–Crippen MR) is 84.7 cm³/mol. The number of nitrogens with zero attached hydrogens (tertiary/aromatic N) is 3. The van der Waals surface area contributed by atoms with Crippen molar-refractivity contribution in [3.63, 3.8) is 0 Å². The van der Waals surface area contributed by atoms with E-state index in [1.807, 2.05) is 0 Å². The number of fused-ring (bicyclic) bond motifs is 1. The molecule has 0 aromatic carbocycles. The molecule has 1 fully saturated rings. The van der Waals surface area contributed by atoms with Crippen LogP contribution in [0.5, 0.6) is 0 Å². The molecule has 132 valence electrons. The Kier molecular flexibility index (Phi) is 5.08. The number of anilines is 1. The van der Waals surface area contributed by atoms with E-state index < -0.39 is 24.5 Å². The smallest absolute Gasteiger partial charge is 0.311 e. The van der Waals surface area contributed by atoms with Crippen LogP contribution < -0.4 is 10.6 Å². The molecule has 0 unspecified atom stereocenters. The second kappa shape index (κ2) is 7.09. The first-order valence-corrected chi connectivity index (χ1v) is 8.07. The van der Waals surface area contributed by atoms with Gasteiger partial charge >= 0.3 is 4.87 Å². The normalized spacial score (nSPS) is 27.1. The summed E-state index contributed by atoms with van der Waals surface area (Å²) in [6.45, 7) is 0.190. The van der Waals surface area contributed by atoms with Crippen LogP contribution in [-0.4, -0.2) is 70.0 Å². The maximum Gasteiger partial charge on any atom is 0.311 e. The molecule has 0 radical (unpaired) electrons. The molecular formula is C13H18N4O6S. The number of ether oxygens (including phenoxy) is 3. The van der Waals surface area contributed by atoms with Crippen molar-refractivity contribution >= 4 is 27.6 Å². The Hall–Kier alpha value is -1.63. The van der Waals surface area contributed by atoms with E-state index in [9.17, 15) is 15.0 Å². The molecule has 0 spiro atoms. The van der Waals surface area contributed by atoms with Crippen LogP contribution in [0.4, 0.5) is 5.95 Å². The van der Waals surface area contributed by atoms with Gasteiger partial charge in [0.2, 0.25) is 5.95 Å². The van der Waals surface area contributed by atoms with Gasteiger partial charge in [-0.2, -0.15) is 4.98 Å². The third-order valence-electron chi connectivity index (χ3n) is 3.72. The molecule has 11 heteroatoms. The minimum atomic E-state index is -1.16. The zero-order chi connectivity index (χ0) is 17.3. The SMILES string of the molecule is COCCO[C@@H]1[C@@H](O)[C@@H](n2c(=O)sc3cnc(N)nc32)O[C@@H]1CO. The van der Waals surface area contributed by atoms with Crippen LogP contribution in [-0.2, 0) is 14.2 Å². The van der Waals surface area contributed by atoms with Gasteiger partial charge < -0.3 is 30.2 Å². The number of nitrogen functional groups attached to an aromatic ring is 1. The molecule has 24 heavy (non-hydrogen) atoms. The number of aromatic nitrogens is 3. The van der Waals surface area contributed by atoms with Gasteiger partial charge in [-0.1, -0.05) is 11.3 Å². The fourth-order valence-electron chi connectivity index (χ4n) is 2.63. The number of aliphatic hydroxyl groups excluding tert-OH is 2. The van der Waals surface area contributed by atoms with E-state index in [1.54, 1.807) is 0 Å². The van der Waals surface area contributed by atoms with Crippen molar-refractivity contribution in [3.05, 3.63) is 15.9 Å². The Labute approximate surface area is 140 Å². The molecule has 0 bridgehead atoms. The van der Waals surface area contributed by atoms with E-state index in [0.717, 1.165) is 11.3 Å². The molecule has 3 rings (SSSR count). The van der Waals surface area contributed by atoms with Gasteiger partial charge in [0.1, 0.15) is 18.3 Å². The molecule has 1 aliphatic rings. The maximum atomic E-state index is 12.3. The quantitative estimate of drug-likeness (QED) is 0.538. The fraction of sp³-hybridized carbons (Fsp3) is 0.615. The zero-order valence-electron chi connectivity index (χ0n) is 12.9. The molecule has 2 aromatic heterocycles. The van der Waals surface area contributed by atoms with Crippen LogP contribution >= 0.6 is 11.3 Å². The van der Waals surface area contributed by atoms with E-state index in [4.69, 9.17) is 19.9 Å². The Morgan fingerprint density at radius 1 is 1.50 bits per heavy atom. The second-order valence-electron chi connectivity index (χ2n) is 5.22. The van der Waals surface area contributed by atoms with E-state index in [-0.39, 0.29) is 29.7 Å². The van der Waals surface area contributed by atoms with Crippen LogP contribution in [0.3, 0.4) is 0 Å². The molecule has 3 heterocycles. The van der Waals surface area contributed by atoms with Gasteiger partial charge in [-0.25, -0.2) is 4.98 Å². The standard InChI is InChI=1S/C13H18N4O6S/c1-21-2-3-22-9-6(5-18)23-11(8(9)19)17-10-7(24-13(17)20)4-15-12(14)16-10/h4,6,8-9,11,18-19H,2-3,5H2,1H3,(H2,14,15,16)/t6-,8-,9+,11+/m1/s1. The number of nitrogens with two attached hydrogens (primary N) is 1. The third-order valence-corrected chi connectivity index (χ3v) is 4.60. The summed E-state index contributed by atoms with van der Waals surface area (Å²) in [6.07, 6.45) is -2.33. The number of rotatable bonds is 6. The van der Waals surface area contributed by atoms with Gasteiger partial charge in [-0.15, -0.1) is 0 Å². The highest BCUT2D eigenvalue weighted by molar-refractivity contribution is 7.16. The van der Waals surface area contributed by atoms with Gasteiger partial charge in [0.15, 0.2) is 11.9 Å².